The third-order valence-electron chi connectivity index (χ3n) is 4.13. The molecule has 3 atom stereocenters. The lowest BCUT2D eigenvalue weighted by molar-refractivity contribution is -0.157. The SMILES string of the molecule is COc1ccnc(C(=O)N[C@@H](C)C(=O)O[C@H](C)[C@H](OC)c2ccccc2)c1O. The van der Waals surface area contributed by atoms with Crippen LogP contribution in [0.2, 0.25) is 0 Å². The van der Waals surface area contributed by atoms with E-state index in [1.54, 1.807) is 6.92 Å². The molecule has 2 rings (SSSR count). The molecule has 0 aliphatic heterocycles. The van der Waals surface area contributed by atoms with Crippen molar-refractivity contribution in [1.82, 2.24) is 10.3 Å². The number of benzene rings is 1. The van der Waals surface area contributed by atoms with Gasteiger partial charge in [-0.3, -0.25) is 4.79 Å². The van der Waals surface area contributed by atoms with Gasteiger partial charge in [0.2, 0.25) is 0 Å². The molecule has 0 aliphatic carbocycles. The van der Waals surface area contributed by atoms with E-state index in [9.17, 15) is 14.7 Å². The average Bonchev–Trinajstić information content (AvgIpc) is 2.69. The number of esters is 1. The molecule has 1 aromatic heterocycles. The van der Waals surface area contributed by atoms with Gasteiger partial charge in [0, 0.05) is 19.4 Å². The van der Waals surface area contributed by atoms with E-state index >= 15 is 0 Å². The number of carbonyl (C=O) groups is 2. The minimum atomic E-state index is -0.962. The van der Waals surface area contributed by atoms with Gasteiger partial charge in [0.15, 0.2) is 17.2 Å². The zero-order chi connectivity index (χ0) is 20.7. The summed E-state index contributed by atoms with van der Waals surface area (Å²) < 4.78 is 15.8. The number of aromatic nitrogens is 1. The van der Waals surface area contributed by atoms with Gasteiger partial charge in [-0.2, -0.15) is 0 Å². The molecular formula is C20H24N2O6. The monoisotopic (exact) mass is 388 g/mol. The highest BCUT2D eigenvalue weighted by Gasteiger charge is 2.27. The number of hydrogen-bond acceptors (Lipinski definition) is 7. The minimum absolute atomic E-state index is 0.106. The van der Waals surface area contributed by atoms with Crippen LogP contribution in [0.5, 0.6) is 11.5 Å². The molecule has 2 N–H and O–H groups in total. The summed E-state index contributed by atoms with van der Waals surface area (Å²) in [6.07, 6.45) is 0.293. The number of rotatable bonds is 8. The van der Waals surface area contributed by atoms with E-state index in [1.165, 1.54) is 33.4 Å². The van der Waals surface area contributed by atoms with E-state index in [1.807, 2.05) is 30.3 Å². The van der Waals surface area contributed by atoms with Gasteiger partial charge in [-0.25, -0.2) is 9.78 Å². The van der Waals surface area contributed by atoms with E-state index in [2.05, 4.69) is 10.3 Å². The van der Waals surface area contributed by atoms with E-state index in [0.29, 0.717) is 0 Å². The second kappa shape index (κ2) is 9.70. The van der Waals surface area contributed by atoms with Gasteiger partial charge in [0.05, 0.1) is 7.11 Å². The van der Waals surface area contributed by atoms with Crippen molar-refractivity contribution in [3.8, 4) is 11.5 Å². The molecule has 0 aliphatic rings. The summed E-state index contributed by atoms with van der Waals surface area (Å²) in [5.74, 6) is -1.66. The lowest BCUT2D eigenvalue weighted by Crippen LogP contribution is -2.41. The molecule has 0 saturated carbocycles. The van der Waals surface area contributed by atoms with Crippen LogP contribution in [0.15, 0.2) is 42.6 Å². The van der Waals surface area contributed by atoms with Crippen molar-refractivity contribution in [2.75, 3.05) is 14.2 Å². The maximum Gasteiger partial charge on any atom is 0.328 e. The summed E-state index contributed by atoms with van der Waals surface area (Å²) in [5.41, 5.74) is 0.624. The lowest BCUT2D eigenvalue weighted by atomic mass is 10.1. The molecule has 8 nitrogen and oxygen atoms in total. The standard InChI is InChI=1S/C20H24N2O6/c1-12(22-19(24)16-17(23)15(26-3)10-11-21-16)20(25)28-13(2)18(27-4)14-8-6-5-7-9-14/h5-13,18,23H,1-4H3,(H,22,24)/t12-,13+,18-/m0/s1. The highest BCUT2D eigenvalue weighted by molar-refractivity contribution is 5.97. The molecule has 2 aromatic rings. The van der Waals surface area contributed by atoms with Crippen LogP contribution in [0, 0.1) is 0 Å². The Morgan fingerprint density at radius 1 is 1.11 bits per heavy atom. The normalized spacial score (nSPS) is 13.9. The van der Waals surface area contributed by atoms with Crippen LogP contribution in [0.4, 0.5) is 0 Å². The smallest absolute Gasteiger partial charge is 0.328 e. The lowest BCUT2D eigenvalue weighted by Gasteiger charge is -2.24. The van der Waals surface area contributed by atoms with Gasteiger partial charge in [0.25, 0.3) is 5.91 Å². The molecule has 8 heteroatoms. The number of nitrogens with one attached hydrogen (secondary N) is 1. The Bertz CT molecular complexity index is 812. The van der Waals surface area contributed by atoms with Crippen LogP contribution in [0.1, 0.15) is 36.0 Å². The van der Waals surface area contributed by atoms with Crippen molar-refractivity contribution in [2.45, 2.75) is 32.1 Å². The molecule has 0 bridgehead atoms. The third kappa shape index (κ3) is 4.98. The van der Waals surface area contributed by atoms with Gasteiger partial charge in [-0.05, 0) is 19.4 Å². The van der Waals surface area contributed by atoms with E-state index in [-0.39, 0.29) is 11.4 Å². The van der Waals surface area contributed by atoms with Gasteiger partial charge < -0.3 is 24.6 Å². The molecule has 0 fully saturated rings. The number of amides is 1. The average molecular weight is 388 g/mol. The second-order valence-corrected chi connectivity index (χ2v) is 6.11. The van der Waals surface area contributed by atoms with Gasteiger partial charge in [-0.1, -0.05) is 30.3 Å². The van der Waals surface area contributed by atoms with E-state index in [4.69, 9.17) is 14.2 Å². The molecular weight excluding hydrogens is 364 g/mol. The predicted molar refractivity (Wildman–Crippen MR) is 101 cm³/mol. The Kier molecular flexibility index (Phi) is 7.34. The van der Waals surface area contributed by atoms with Crippen LogP contribution < -0.4 is 10.1 Å². The fourth-order valence-electron chi connectivity index (χ4n) is 2.68. The molecule has 0 saturated heterocycles. The maximum absolute atomic E-state index is 12.4. The first kappa shape index (κ1) is 21.2. The molecule has 0 radical (unpaired) electrons. The first-order valence-electron chi connectivity index (χ1n) is 8.70. The number of carbonyl (C=O) groups excluding carboxylic acids is 2. The second-order valence-electron chi connectivity index (χ2n) is 6.11. The van der Waals surface area contributed by atoms with Crippen LogP contribution in [0.3, 0.4) is 0 Å². The van der Waals surface area contributed by atoms with Crippen LogP contribution >= 0.6 is 0 Å². The van der Waals surface area contributed by atoms with Crippen molar-refractivity contribution < 1.29 is 28.9 Å². The summed E-state index contributed by atoms with van der Waals surface area (Å²) in [6, 6.07) is 9.82. The third-order valence-corrected chi connectivity index (χ3v) is 4.13. The fourth-order valence-corrected chi connectivity index (χ4v) is 2.68. The van der Waals surface area contributed by atoms with Crippen molar-refractivity contribution in [3.63, 3.8) is 0 Å². The Hall–Kier alpha value is -3.13. The Morgan fingerprint density at radius 2 is 1.79 bits per heavy atom. The van der Waals surface area contributed by atoms with Crippen molar-refractivity contribution in [1.29, 1.82) is 0 Å². The largest absolute Gasteiger partial charge is 0.503 e. The highest BCUT2D eigenvalue weighted by Crippen LogP contribution is 2.27. The fraction of sp³-hybridized carbons (Fsp3) is 0.350. The minimum Gasteiger partial charge on any atom is -0.503 e. The zero-order valence-electron chi connectivity index (χ0n) is 16.2. The van der Waals surface area contributed by atoms with Gasteiger partial charge in [-0.15, -0.1) is 0 Å². The molecule has 150 valence electrons. The number of pyridine rings is 1. The van der Waals surface area contributed by atoms with Crippen molar-refractivity contribution >= 4 is 11.9 Å². The van der Waals surface area contributed by atoms with Crippen molar-refractivity contribution in [2.24, 2.45) is 0 Å². The quantitative estimate of drug-likeness (QED) is 0.668. The first-order valence-corrected chi connectivity index (χ1v) is 8.70. The molecule has 1 aromatic carbocycles. The molecule has 0 unspecified atom stereocenters. The number of aromatic hydroxyl groups is 1. The molecule has 0 spiro atoms. The zero-order valence-corrected chi connectivity index (χ0v) is 16.2. The Balaban J connectivity index is 2.01. The van der Waals surface area contributed by atoms with Crippen molar-refractivity contribution in [3.05, 3.63) is 53.9 Å². The van der Waals surface area contributed by atoms with E-state index in [0.717, 1.165) is 5.56 Å². The molecule has 1 amide bonds. The maximum atomic E-state index is 12.4. The number of methoxy groups -OCH3 is 2. The highest BCUT2D eigenvalue weighted by atomic mass is 16.6. The summed E-state index contributed by atoms with van der Waals surface area (Å²) in [6.45, 7) is 3.19. The summed E-state index contributed by atoms with van der Waals surface area (Å²) in [5, 5.41) is 12.5. The van der Waals surface area contributed by atoms with Crippen LogP contribution in [-0.2, 0) is 14.3 Å². The number of ether oxygens (including phenoxy) is 3. The Morgan fingerprint density at radius 3 is 2.39 bits per heavy atom. The number of hydrogen-bond donors (Lipinski definition) is 2. The summed E-state index contributed by atoms with van der Waals surface area (Å²) in [7, 11) is 2.89. The summed E-state index contributed by atoms with van der Waals surface area (Å²) in [4.78, 5) is 28.5. The topological polar surface area (TPSA) is 107 Å². The summed E-state index contributed by atoms with van der Waals surface area (Å²) >= 11 is 0. The van der Waals surface area contributed by atoms with Gasteiger partial charge in [0.1, 0.15) is 18.2 Å². The number of nitrogens with zero attached hydrogens (tertiary/aromatic N) is 1. The first-order chi connectivity index (χ1) is 13.4. The van der Waals surface area contributed by atoms with E-state index < -0.39 is 35.9 Å². The Labute approximate surface area is 163 Å². The van der Waals surface area contributed by atoms with Gasteiger partial charge >= 0.3 is 5.97 Å². The molecule has 28 heavy (non-hydrogen) atoms. The molecule has 1 heterocycles. The predicted octanol–water partition coefficient (Wildman–Crippen LogP) is 2.23. The van der Waals surface area contributed by atoms with Crippen LogP contribution in [0.25, 0.3) is 0 Å². The van der Waals surface area contributed by atoms with Crippen LogP contribution in [-0.4, -0.2) is 48.3 Å².